The Bertz CT molecular complexity index is 915. The molecule has 4 nitrogen and oxygen atoms in total. The lowest BCUT2D eigenvalue weighted by Gasteiger charge is -2.31. The van der Waals surface area contributed by atoms with E-state index in [0.717, 1.165) is 54.6 Å². The second-order valence-corrected chi connectivity index (χ2v) is 7.01. The van der Waals surface area contributed by atoms with Crippen LogP contribution in [-0.4, -0.2) is 28.9 Å². The Balaban J connectivity index is 1.66. The van der Waals surface area contributed by atoms with Gasteiger partial charge in [-0.2, -0.15) is 0 Å². The maximum absolute atomic E-state index is 11.4. The number of carbonyl (C=O) groups excluding carboxylic acids is 1. The normalized spacial score (nSPS) is 16.0. The molecule has 1 saturated heterocycles. The summed E-state index contributed by atoms with van der Waals surface area (Å²) in [5.74, 6) is -0.142. The highest BCUT2D eigenvalue weighted by molar-refractivity contribution is 5.83. The van der Waals surface area contributed by atoms with Crippen LogP contribution in [0, 0.1) is 5.92 Å². The lowest BCUT2D eigenvalue weighted by molar-refractivity contribution is -0.123. The van der Waals surface area contributed by atoms with E-state index in [2.05, 4.69) is 35.2 Å². The summed E-state index contributed by atoms with van der Waals surface area (Å²) < 4.78 is 0. The number of aromatic nitrogens is 1. The average molecular weight is 345 g/mol. The van der Waals surface area contributed by atoms with Crippen molar-refractivity contribution in [3.63, 3.8) is 0 Å². The van der Waals surface area contributed by atoms with E-state index >= 15 is 0 Å². The summed E-state index contributed by atoms with van der Waals surface area (Å²) in [6.07, 6.45) is 1.69. The van der Waals surface area contributed by atoms with Crippen LogP contribution in [0.25, 0.3) is 22.2 Å². The minimum atomic E-state index is -0.165. The van der Waals surface area contributed by atoms with E-state index in [0.29, 0.717) is 0 Å². The van der Waals surface area contributed by atoms with E-state index in [-0.39, 0.29) is 11.8 Å². The number of nitrogens with two attached hydrogens (primary N) is 1. The number of para-hydroxylation sites is 1. The monoisotopic (exact) mass is 345 g/mol. The van der Waals surface area contributed by atoms with E-state index in [4.69, 9.17) is 10.7 Å². The molecule has 2 aromatic carbocycles. The molecule has 0 atom stereocenters. The Morgan fingerprint density at radius 2 is 1.73 bits per heavy atom. The van der Waals surface area contributed by atoms with Gasteiger partial charge in [-0.25, -0.2) is 4.98 Å². The fourth-order valence-corrected chi connectivity index (χ4v) is 3.74. The van der Waals surface area contributed by atoms with Gasteiger partial charge in [0.25, 0.3) is 0 Å². The topological polar surface area (TPSA) is 59.2 Å². The summed E-state index contributed by atoms with van der Waals surface area (Å²) in [6, 6.07) is 20.8. The van der Waals surface area contributed by atoms with Crippen LogP contribution in [-0.2, 0) is 11.3 Å². The standard InChI is InChI=1S/C22H23N3O/c23-22(26)17-10-12-25(13-11-17)15-19-14-18-8-4-5-9-20(18)24-21(19)16-6-2-1-3-7-16/h1-9,14,17H,10-13,15H2,(H2,23,26). The molecule has 0 spiro atoms. The predicted octanol–water partition coefficient (Wildman–Crippen LogP) is 3.60. The molecule has 26 heavy (non-hydrogen) atoms. The summed E-state index contributed by atoms with van der Waals surface area (Å²) in [4.78, 5) is 18.8. The molecule has 1 aliphatic heterocycles. The lowest BCUT2D eigenvalue weighted by Crippen LogP contribution is -2.38. The number of pyridine rings is 1. The SMILES string of the molecule is NC(=O)C1CCN(Cc2cc3ccccc3nc2-c2ccccc2)CC1. The number of hydrogen-bond donors (Lipinski definition) is 1. The molecule has 1 aliphatic rings. The van der Waals surface area contributed by atoms with Crippen molar-refractivity contribution in [1.82, 2.24) is 9.88 Å². The first-order valence-corrected chi connectivity index (χ1v) is 9.16. The van der Waals surface area contributed by atoms with Crippen LogP contribution in [0.15, 0.2) is 60.7 Å². The third-order valence-electron chi connectivity index (χ3n) is 5.23. The largest absolute Gasteiger partial charge is 0.369 e. The van der Waals surface area contributed by atoms with Crippen molar-refractivity contribution in [3.8, 4) is 11.3 Å². The minimum absolute atomic E-state index is 0.0228. The first-order chi connectivity index (χ1) is 12.7. The molecular formula is C22H23N3O. The fraction of sp³-hybridized carbons (Fsp3) is 0.273. The van der Waals surface area contributed by atoms with Crippen molar-refractivity contribution < 1.29 is 4.79 Å². The van der Waals surface area contributed by atoms with Crippen LogP contribution in [0.3, 0.4) is 0 Å². The molecule has 1 aromatic heterocycles. The van der Waals surface area contributed by atoms with Gasteiger partial charge in [0.05, 0.1) is 11.2 Å². The molecule has 0 bridgehead atoms. The molecule has 0 unspecified atom stereocenters. The number of rotatable bonds is 4. The molecule has 3 aromatic rings. The number of nitrogens with zero attached hydrogens (tertiary/aromatic N) is 2. The summed E-state index contributed by atoms with van der Waals surface area (Å²) in [5.41, 5.74) is 9.89. The summed E-state index contributed by atoms with van der Waals surface area (Å²) in [6.45, 7) is 2.64. The number of fused-ring (bicyclic) bond motifs is 1. The maximum Gasteiger partial charge on any atom is 0.220 e. The molecule has 4 rings (SSSR count). The van der Waals surface area contributed by atoms with Crippen molar-refractivity contribution in [1.29, 1.82) is 0 Å². The van der Waals surface area contributed by atoms with Gasteiger partial charge in [0, 0.05) is 23.4 Å². The highest BCUT2D eigenvalue weighted by Gasteiger charge is 2.24. The van der Waals surface area contributed by atoms with Gasteiger partial charge in [0.1, 0.15) is 0 Å². The molecule has 0 radical (unpaired) electrons. The van der Waals surface area contributed by atoms with Gasteiger partial charge in [-0.15, -0.1) is 0 Å². The Hall–Kier alpha value is -2.72. The summed E-state index contributed by atoms with van der Waals surface area (Å²) in [7, 11) is 0. The first kappa shape index (κ1) is 16.7. The second-order valence-electron chi connectivity index (χ2n) is 7.01. The number of amides is 1. The summed E-state index contributed by atoms with van der Waals surface area (Å²) in [5, 5.41) is 1.16. The number of primary amides is 1. The molecule has 1 amide bonds. The Kier molecular flexibility index (Phi) is 4.67. The Morgan fingerprint density at radius 3 is 2.46 bits per heavy atom. The number of piperidine rings is 1. The van der Waals surface area contributed by atoms with Gasteiger partial charge in [-0.3, -0.25) is 9.69 Å². The Labute approximate surface area is 153 Å². The van der Waals surface area contributed by atoms with Gasteiger partial charge in [-0.05, 0) is 43.6 Å². The van der Waals surface area contributed by atoms with Crippen LogP contribution in [0.2, 0.25) is 0 Å². The molecular weight excluding hydrogens is 322 g/mol. The molecule has 4 heteroatoms. The van der Waals surface area contributed by atoms with Crippen molar-refractivity contribution in [3.05, 3.63) is 66.2 Å². The van der Waals surface area contributed by atoms with E-state index < -0.39 is 0 Å². The quantitative estimate of drug-likeness (QED) is 0.786. The van der Waals surface area contributed by atoms with E-state index in [1.807, 2.05) is 30.3 Å². The predicted molar refractivity (Wildman–Crippen MR) is 104 cm³/mol. The molecule has 0 aliphatic carbocycles. The molecule has 2 heterocycles. The van der Waals surface area contributed by atoms with Crippen LogP contribution in [0.4, 0.5) is 0 Å². The van der Waals surface area contributed by atoms with Gasteiger partial charge >= 0.3 is 0 Å². The highest BCUT2D eigenvalue weighted by atomic mass is 16.1. The average Bonchev–Trinajstić information content (AvgIpc) is 2.68. The zero-order valence-corrected chi connectivity index (χ0v) is 14.8. The van der Waals surface area contributed by atoms with Crippen LogP contribution < -0.4 is 5.73 Å². The molecule has 132 valence electrons. The smallest absolute Gasteiger partial charge is 0.220 e. The maximum atomic E-state index is 11.4. The lowest BCUT2D eigenvalue weighted by atomic mass is 9.95. The zero-order chi connectivity index (χ0) is 17.9. The molecule has 0 saturated carbocycles. The molecule has 2 N–H and O–H groups in total. The van der Waals surface area contributed by atoms with E-state index in [1.165, 1.54) is 5.56 Å². The highest BCUT2D eigenvalue weighted by Crippen LogP contribution is 2.28. The van der Waals surface area contributed by atoms with Crippen LogP contribution in [0.5, 0.6) is 0 Å². The van der Waals surface area contributed by atoms with Gasteiger partial charge in [0.2, 0.25) is 5.91 Å². The molecule has 1 fully saturated rings. The Morgan fingerprint density at radius 1 is 1.04 bits per heavy atom. The van der Waals surface area contributed by atoms with Crippen LogP contribution >= 0.6 is 0 Å². The van der Waals surface area contributed by atoms with Gasteiger partial charge in [0.15, 0.2) is 0 Å². The van der Waals surface area contributed by atoms with E-state index in [1.54, 1.807) is 0 Å². The third-order valence-corrected chi connectivity index (χ3v) is 5.23. The minimum Gasteiger partial charge on any atom is -0.369 e. The number of hydrogen-bond acceptors (Lipinski definition) is 3. The van der Waals surface area contributed by atoms with Crippen LogP contribution in [0.1, 0.15) is 18.4 Å². The van der Waals surface area contributed by atoms with Crippen molar-refractivity contribution in [2.45, 2.75) is 19.4 Å². The second kappa shape index (κ2) is 7.26. The van der Waals surface area contributed by atoms with Gasteiger partial charge in [-0.1, -0.05) is 48.5 Å². The van der Waals surface area contributed by atoms with Crippen molar-refractivity contribution in [2.75, 3.05) is 13.1 Å². The van der Waals surface area contributed by atoms with Crippen molar-refractivity contribution >= 4 is 16.8 Å². The third kappa shape index (κ3) is 3.46. The van der Waals surface area contributed by atoms with E-state index in [9.17, 15) is 4.79 Å². The number of carbonyl (C=O) groups is 1. The number of benzene rings is 2. The number of likely N-dealkylation sites (tertiary alicyclic amines) is 1. The fourth-order valence-electron chi connectivity index (χ4n) is 3.74. The first-order valence-electron chi connectivity index (χ1n) is 9.16. The van der Waals surface area contributed by atoms with Gasteiger partial charge < -0.3 is 5.73 Å². The zero-order valence-electron chi connectivity index (χ0n) is 14.8. The summed E-state index contributed by atoms with van der Waals surface area (Å²) >= 11 is 0. The van der Waals surface area contributed by atoms with Crippen molar-refractivity contribution in [2.24, 2.45) is 11.7 Å².